The van der Waals surface area contributed by atoms with Gasteiger partial charge in [-0.1, -0.05) is 6.07 Å². The van der Waals surface area contributed by atoms with Crippen LogP contribution in [-0.4, -0.2) is 32.6 Å². The number of benzene rings is 2. The van der Waals surface area contributed by atoms with E-state index in [4.69, 9.17) is 9.97 Å². The minimum atomic E-state index is 0.884. The molecule has 4 aromatic rings. The molecular weight excluding hydrogens is 370 g/mol. The molecule has 0 bridgehead atoms. The average molecular weight is 402 g/mol. The Hall–Kier alpha value is -2.66. The van der Waals surface area contributed by atoms with E-state index < -0.39 is 0 Å². The number of H-pyrrole nitrogens is 1. The minimum Gasteiger partial charge on any atom is -0.338 e. The summed E-state index contributed by atoms with van der Waals surface area (Å²) in [6.07, 6.45) is 7.19. The van der Waals surface area contributed by atoms with Crippen molar-refractivity contribution in [3.63, 3.8) is 0 Å². The number of aromatic nitrogens is 4. The second-order valence-corrected chi connectivity index (χ2v) is 8.87. The van der Waals surface area contributed by atoms with Crippen LogP contribution < -0.4 is 5.32 Å². The Morgan fingerprint density at radius 1 is 1.00 bits per heavy atom. The Kier molecular flexibility index (Phi) is 5.07. The Morgan fingerprint density at radius 3 is 2.67 bits per heavy atom. The quantitative estimate of drug-likeness (QED) is 0.478. The molecule has 2 N–H and O–H groups in total. The van der Waals surface area contributed by atoms with Crippen LogP contribution in [0.4, 0.5) is 0 Å². The Bertz CT molecular complexity index is 1190. The topological polar surface area (TPSA) is 58.5 Å². The highest BCUT2D eigenvalue weighted by Crippen LogP contribution is 2.30. The normalized spacial score (nSPS) is 15.4. The Morgan fingerprint density at radius 2 is 1.83 bits per heavy atom. The number of nitrogens with one attached hydrogen (secondary N) is 2. The number of piperidine rings is 1. The van der Waals surface area contributed by atoms with Crippen molar-refractivity contribution in [3.8, 4) is 11.4 Å². The third kappa shape index (κ3) is 3.41. The third-order valence-electron chi connectivity index (χ3n) is 6.95. The highest BCUT2D eigenvalue weighted by molar-refractivity contribution is 5.88. The predicted octanol–water partition coefficient (Wildman–Crippen LogP) is 5.28. The zero-order valence-electron chi connectivity index (χ0n) is 18.3. The molecule has 1 fully saturated rings. The maximum atomic E-state index is 4.92. The van der Waals surface area contributed by atoms with E-state index in [1.807, 2.05) is 6.33 Å². The van der Waals surface area contributed by atoms with E-state index in [-0.39, 0.29) is 0 Å². The van der Waals surface area contributed by atoms with E-state index in [1.165, 1.54) is 61.0 Å². The van der Waals surface area contributed by atoms with E-state index in [1.54, 1.807) is 0 Å². The summed E-state index contributed by atoms with van der Waals surface area (Å²) in [6, 6.07) is 8.68. The maximum Gasteiger partial charge on any atom is 0.138 e. The summed E-state index contributed by atoms with van der Waals surface area (Å²) in [7, 11) is 0. The lowest BCUT2D eigenvalue weighted by atomic mass is 9.93. The van der Waals surface area contributed by atoms with Gasteiger partial charge >= 0.3 is 0 Å². The Balaban J connectivity index is 1.40. The summed E-state index contributed by atoms with van der Waals surface area (Å²) in [5, 5.41) is 3.46. The third-order valence-corrected chi connectivity index (χ3v) is 6.95. The molecule has 2 aromatic heterocycles. The molecular formula is C25H31N5. The zero-order chi connectivity index (χ0) is 20.7. The molecule has 30 heavy (non-hydrogen) atoms. The summed E-state index contributed by atoms with van der Waals surface area (Å²) >= 11 is 0. The highest BCUT2D eigenvalue weighted by atomic mass is 15.0. The fourth-order valence-electron chi connectivity index (χ4n) is 4.87. The van der Waals surface area contributed by atoms with Crippen LogP contribution in [0.5, 0.6) is 0 Å². The molecule has 156 valence electrons. The van der Waals surface area contributed by atoms with Gasteiger partial charge in [-0.05, 0) is 100 Å². The number of aromatic amines is 1. The van der Waals surface area contributed by atoms with Crippen molar-refractivity contribution in [1.29, 1.82) is 0 Å². The highest BCUT2D eigenvalue weighted by Gasteiger charge is 2.16. The molecule has 3 heterocycles. The van der Waals surface area contributed by atoms with E-state index >= 15 is 0 Å². The zero-order valence-corrected chi connectivity index (χ0v) is 18.3. The van der Waals surface area contributed by atoms with Gasteiger partial charge in [0.1, 0.15) is 5.82 Å². The first kappa shape index (κ1) is 19.3. The summed E-state index contributed by atoms with van der Waals surface area (Å²) in [5.41, 5.74) is 9.31. The van der Waals surface area contributed by atoms with Gasteiger partial charge in [0.05, 0.1) is 28.4 Å². The van der Waals surface area contributed by atoms with Crippen molar-refractivity contribution < 1.29 is 0 Å². The Labute approximate surface area is 177 Å². The second kappa shape index (κ2) is 7.88. The molecule has 1 saturated heterocycles. The average Bonchev–Trinajstić information content (AvgIpc) is 3.37. The maximum absolute atomic E-state index is 4.92. The number of nitrogens with zero attached hydrogens (tertiary/aromatic N) is 3. The lowest BCUT2D eigenvalue weighted by molar-refractivity contribution is 0.340. The van der Waals surface area contributed by atoms with E-state index in [9.17, 15) is 0 Å². The first-order chi connectivity index (χ1) is 14.6. The van der Waals surface area contributed by atoms with Crippen molar-refractivity contribution in [2.45, 2.75) is 53.0 Å². The molecule has 0 unspecified atom stereocenters. The van der Waals surface area contributed by atoms with Crippen molar-refractivity contribution in [2.75, 3.05) is 13.1 Å². The van der Waals surface area contributed by atoms with Gasteiger partial charge in [0, 0.05) is 12.1 Å². The van der Waals surface area contributed by atoms with Gasteiger partial charge < -0.3 is 14.9 Å². The molecule has 1 aliphatic rings. The lowest BCUT2D eigenvalue weighted by Gasteiger charge is -2.22. The van der Waals surface area contributed by atoms with Gasteiger partial charge in [0.2, 0.25) is 0 Å². The van der Waals surface area contributed by atoms with Crippen molar-refractivity contribution in [3.05, 3.63) is 47.3 Å². The van der Waals surface area contributed by atoms with Gasteiger partial charge in [-0.15, -0.1) is 0 Å². The number of imidazole rings is 2. The number of aryl methyl sites for hydroxylation is 4. The van der Waals surface area contributed by atoms with Gasteiger partial charge in [-0.2, -0.15) is 0 Å². The first-order valence-corrected chi connectivity index (χ1v) is 11.2. The SMILES string of the molecule is Cc1ccc2[nH]c(-c3ccc4c(ncn4CCCC4CCNCC4)c3C)nc2c1C. The summed E-state index contributed by atoms with van der Waals surface area (Å²) in [4.78, 5) is 13.2. The number of hydrogen-bond acceptors (Lipinski definition) is 3. The van der Waals surface area contributed by atoms with Gasteiger partial charge in [0.15, 0.2) is 0 Å². The van der Waals surface area contributed by atoms with Gasteiger partial charge in [0.25, 0.3) is 0 Å². The molecule has 5 nitrogen and oxygen atoms in total. The van der Waals surface area contributed by atoms with E-state index in [0.717, 1.165) is 40.4 Å². The molecule has 1 aliphatic heterocycles. The molecule has 5 heteroatoms. The monoisotopic (exact) mass is 401 g/mol. The summed E-state index contributed by atoms with van der Waals surface area (Å²) < 4.78 is 2.32. The minimum absolute atomic E-state index is 0.884. The largest absolute Gasteiger partial charge is 0.338 e. The molecule has 0 aliphatic carbocycles. The standard InChI is InChI=1S/C25H31N5/c1-16-6-8-21-23(17(16)2)29-25(28-21)20-7-9-22-24(18(20)3)27-15-30(22)14-4-5-19-10-12-26-13-11-19/h6-9,15,19,26H,4-5,10-14H2,1-3H3,(H,28,29). The van der Waals surface area contributed by atoms with Crippen LogP contribution >= 0.6 is 0 Å². The van der Waals surface area contributed by atoms with Gasteiger partial charge in [-0.3, -0.25) is 0 Å². The van der Waals surface area contributed by atoms with Crippen molar-refractivity contribution in [1.82, 2.24) is 24.8 Å². The van der Waals surface area contributed by atoms with Crippen LogP contribution in [0.3, 0.4) is 0 Å². The number of hydrogen-bond donors (Lipinski definition) is 2. The fraction of sp³-hybridized carbons (Fsp3) is 0.440. The van der Waals surface area contributed by atoms with Crippen LogP contribution in [0.15, 0.2) is 30.6 Å². The van der Waals surface area contributed by atoms with Crippen LogP contribution in [0.2, 0.25) is 0 Å². The second-order valence-electron chi connectivity index (χ2n) is 8.87. The van der Waals surface area contributed by atoms with Crippen LogP contribution in [-0.2, 0) is 6.54 Å². The van der Waals surface area contributed by atoms with E-state index in [2.05, 4.69) is 59.9 Å². The molecule has 0 spiro atoms. The molecule has 0 radical (unpaired) electrons. The van der Waals surface area contributed by atoms with Crippen LogP contribution in [0.1, 0.15) is 42.4 Å². The van der Waals surface area contributed by atoms with Crippen LogP contribution in [0.25, 0.3) is 33.5 Å². The first-order valence-electron chi connectivity index (χ1n) is 11.2. The molecule has 2 aromatic carbocycles. The number of fused-ring (bicyclic) bond motifs is 2. The van der Waals surface area contributed by atoms with Gasteiger partial charge in [-0.25, -0.2) is 9.97 Å². The summed E-state index contributed by atoms with van der Waals surface area (Å²) in [6.45, 7) is 9.85. The van der Waals surface area contributed by atoms with Crippen molar-refractivity contribution in [2.24, 2.45) is 5.92 Å². The molecule has 0 saturated carbocycles. The fourth-order valence-corrected chi connectivity index (χ4v) is 4.87. The van der Waals surface area contributed by atoms with Crippen LogP contribution in [0, 0.1) is 26.7 Å². The molecule has 0 atom stereocenters. The number of rotatable bonds is 5. The summed E-state index contributed by atoms with van der Waals surface area (Å²) in [5.74, 6) is 1.81. The lowest BCUT2D eigenvalue weighted by Crippen LogP contribution is -2.27. The predicted molar refractivity (Wildman–Crippen MR) is 124 cm³/mol. The van der Waals surface area contributed by atoms with E-state index in [0.29, 0.717) is 0 Å². The molecule has 0 amide bonds. The smallest absolute Gasteiger partial charge is 0.138 e. The molecule has 5 rings (SSSR count). The van der Waals surface area contributed by atoms with Crippen molar-refractivity contribution >= 4 is 22.1 Å².